The lowest BCUT2D eigenvalue weighted by Crippen LogP contribution is -2.05. The van der Waals surface area contributed by atoms with Crippen molar-refractivity contribution in [3.05, 3.63) is 64.5 Å². The van der Waals surface area contributed by atoms with Crippen LogP contribution in [0.25, 0.3) is 31.4 Å². The van der Waals surface area contributed by atoms with Gasteiger partial charge < -0.3 is 0 Å². The van der Waals surface area contributed by atoms with Gasteiger partial charge in [0.1, 0.15) is 10.6 Å². The summed E-state index contributed by atoms with van der Waals surface area (Å²) in [5, 5.41) is 1.65. The van der Waals surface area contributed by atoms with Crippen LogP contribution in [0.15, 0.2) is 42.4 Å². The first kappa shape index (κ1) is 16.0. The smallest absolute Gasteiger partial charge is 0.241 e. The molecule has 7 heteroatoms. The van der Waals surface area contributed by atoms with Gasteiger partial charge in [0.25, 0.3) is 0 Å². The fraction of sp³-hybridized carbons (Fsp3) is 0.105. The van der Waals surface area contributed by atoms with Crippen molar-refractivity contribution in [3.63, 3.8) is 0 Å². The van der Waals surface area contributed by atoms with E-state index in [0.717, 1.165) is 22.2 Å². The van der Waals surface area contributed by atoms with E-state index in [1.54, 1.807) is 25.1 Å². The second kappa shape index (κ2) is 5.93. The standard InChI is InChI=1S/C19H10ClF4NS/c1-9-15(20)8-14-13-4-2-10(6-17(13)26-18(14)25-9)12-5-3-11(7-16(12)21)19(22,23)24/h2-8H,1H3/i8D. The topological polar surface area (TPSA) is 12.9 Å². The van der Waals surface area contributed by atoms with E-state index in [0.29, 0.717) is 27.5 Å². The minimum atomic E-state index is -4.60. The van der Waals surface area contributed by atoms with Crippen LogP contribution in [0.3, 0.4) is 0 Å². The summed E-state index contributed by atoms with van der Waals surface area (Å²) in [5.41, 5.74) is 0.0554. The highest BCUT2D eigenvalue weighted by atomic mass is 35.5. The average Bonchev–Trinajstić information content (AvgIpc) is 2.96. The van der Waals surface area contributed by atoms with Gasteiger partial charge in [-0.05, 0) is 36.7 Å². The largest absolute Gasteiger partial charge is 0.416 e. The summed E-state index contributed by atoms with van der Waals surface area (Å²) in [7, 11) is 0. The van der Waals surface area contributed by atoms with E-state index < -0.39 is 17.6 Å². The number of aromatic nitrogens is 1. The lowest BCUT2D eigenvalue weighted by Gasteiger charge is -2.09. The number of hydrogen-bond donors (Lipinski definition) is 0. The third-order valence-corrected chi connectivity index (χ3v) is 5.51. The summed E-state index contributed by atoms with van der Waals surface area (Å²) in [5.74, 6) is -0.941. The Hall–Kier alpha value is -2.18. The molecular formula is C19H10ClF4NS. The highest BCUT2D eigenvalue weighted by molar-refractivity contribution is 7.25. The first-order chi connectivity index (χ1) is 12.7. The van der Waals surface area contributed by atoms with E-state index >= 15 is 0 Å². The molecule has 0 unspecified atom stereocenters. The van der Waals surface area contributed by atoms with Gasteiger partial charge in [-0.2, -0.15) is 13.2 Å². The molecule has 0 saturated heterocycles. The van der Waals surface area contributed by atoms with Crippen LogP contribution < -0.4 is 0 Å². The monoisotopic (exact) mass is 396 g/mol. The molecule has 4 aromatic rings. The van der Waals surface area contributed by atoms with Crippen LogP contribution >= 0.6 is 22.9 Å². The van der Waals surface area contributed by atoms with Crippen LogP contribution in [-0.4, -0.2) is 4.98 Å². The molecule has 26 heavy (non-hydrogen) atoms. The van der Waals surface area contributed by atoms with Gasteiger partial charge in [0.15, 0.2) is 0 Å². The molecule has 0 bridgehead atoms. The first-order valence-electron chi connectivity index (χ1n) is 8.03. The SMILES string of the molecule is [2H]c1c(Cl)c(C)nc2sc3cc(-c4ccc(C(F)(F)F)cc4F)ccc3c12. The zero-order chi connectivity index (χ0) is 19.5. The maximum Gasteiger partial charge on any atom is 0.416 e. The van der Waals surface area contributed by atoms with Gasteiger partial charge in [-0.3, -0.25) is 0 Å². The number of hydrogen-bond acceptors (Lipinski definition) is 2. The molecule has 2 heterocycles. The van der Waals surface area contributed by atoms with E-state index in [4.69, 9.17) is 13.0 Å². The Kier molecular flexibility index (Phi) is 3.65. The molecular weight excluding hydrogens is 386 g/mol. The zero-order valence-electron chi connectivity index (χ0n) is 14.2. The fourth-order valence-electron chi connectivity index (χ4n) is 2.78. The van der Waals surface area contributed by atoms with E-state index in [1.165, 1.54) is 11.3 Å². The van der Waals surface area contributed by atoms with Crippen molar-refractivity contribution >= 4 is 43.2 Å². The molecule has 0 amide bonds. The van der Waals surface area contributed by atoms with Crippen LogP contribution in [0.2, 0.25) is 5.02 Å². The zero-order valence-corrected chi connectivity index (χ0v) is 14.8. The van der Waals surface area contributed by atoms with Crippen molar-refractivity contribution in [3.8, 4) is 11.1 Å². The molecule has 2 aromatic heterocycles. The highest BCUT2D eigenvalue weighted by Crippen LogP contribution is 2.38. The Morgan fingerprint density at radius 1 is 1.12 bits per heavy atom. The van der Waals surface area contributed by atoms with E-state index in [2.05, 4.69) is 4.98 Å². The van der Waals surface area contributed by atoms with Crippen molar-refractivity contribution < 1.29 is 18.9 Å². The van der Waals surface area contributed by atoms with Gasteiger partial charge in [-0.15, -0.1) is 11.3 Å². The number of thiophene rings is 1. The second-order valence-electron chi connectivity index (χ2n) is 5.82. The number of alkyl halides is 3. The summed E-state index contributed by atoms with van der Waals surface area (Å²) in [6.07, 6.45) is -4.60. The first-order valence-corrected chi connectivity index (χ1v) is 8.72. The Morgan fingerprint density at radius 2 is 1.88 bits per heavy atom. The Balaban J connectivity index is 1.90. The predicted molar refractivity (Wildman–Crippen MR) is 97.3 cm³/mol. The molecule has 0 spiro atoms. The van der Waals surface area contributed by atoms with E-state index in [-0.39, 0.29) is 16.6 Å². The van der Waals surface area contributed by atoms with Gasteiger partial charge in [0, 0.05) is 21.0 Å². The Labute approximate surface area is 156 Å². The van der Waals surface area contributed by atoms with Gasteiger partial charge in [0.2, 0.25) is 0 Å². The molecule has 0 N–H and O–H groups in total. The minimum Gasteiger partial charge on any atom is -0.241 e. The van der Waals surface area contributed by atoms with Crippen molar-refractivity contribution in [2.75, 3.05) is 0 Å². The molecule has 1 nitrogen and oxygen atoms in total. The third-order valence-electron chi connectivity index (χ3n) is 4.10. The molecule has 132 valence electrons. The van der Waals surface area contributed by atoms with Gasteiger partial charge in [-0.25, -0.2) is 9.37 Å². The molecule has 2 aromatic carbocycles. The van der Waals surface area contributed by atoms with Crippen molar-refractivity contribution in [1.29, 1.82) is 0 Å². The maximum atomic E-state index is 14.3. The molecule has 0 aliphatic rings. The van der Waals surface area contributed by atoms with Crippen LogP contribution in [-0.2, 0) is 6.18 Å². The normalized spacial score (nSPS) is 12.8. The number of rotatable bonds is 1. The fourth-order valence-corrected chi connectivity index (χ4v) is 4.03. The third kappa shape index (κ3) is 2.83. The molecule has 0 fully saturated rings. The quantitative estimate of drug-likeness (QED) is 0.309. The maximum absolute atomic E-state index is 14.3. The van der Waals surface area contributed by atoms with Crippen LogP contribution in [0.1, 0.15) is 12.6 Å². The molecule has 0 aliphatic heterocycles. The number of benzene rings is 2. The van der Waals surface area contributed by atoms with Gasteiger partial charge in [0.05, 0.1) is 17.7 Å². The number of pyridine rings is 1. The van der Waals surface area contributed by atoms with Crippen LogP contribution in [0.4, 0.5) is 17.6 Å². The summed E-state index contributed by atoms with van der Waals surface area (Å²) < 4.78 is 61.5. The number of halogens is 5. The molecule has 0 atom stereocenters. The van der Waals surface area contributed by atoms with E-state index in [1.807, 2.05) is 0 Å². The molecule has 0 saturated carbocycles. The van der Waals surface area contributed by atoms with Crippen LogP contribution in [0.5, 0.6) is 0 Å². The number of aryl methyl sites for hydroxylation is 1. The van der Waals surface area contributed by atoms with Crippen LogP contribution in [0, 0.1) is 12.7 Å². The number of fused-ring (bicyclic) bond motifs is 3. The Morgan fingerprint density at radius 3 is 2.58 bits per heavy atom. The van der Waals surface area contributed by atoms with Gasteiger partial charge >= 0.3 is 6.18 Å². The predicted octanol–water partition coefficient (Wildman–Crippen LogP) is 7.24. The summed E-state index contributed by atoms with van der Waals surface area (Å²) in [6, 6.07) is 7.69. The lowest BCUT2D eigenvalue weighted by molar-refractivity contribution is -0.137. The second-order valence-corrected chi connectivity index (χ2v) is 7.23. The van der Waals surface area contributed by atoms with Crippen molar-refractivity contribution in [1.82, 2.24) is 4.98 Å². The molecule has 4 rings (SSSR count). The van der Waals surface area contributed by atoms with E-state index in [9.17, 15) is 17.6 Å². The van der Waals surface area contributed by atoms with Crippen molar-refractivity contribution in [2.24, 2.45) is 0 Å². The van der Waals surface area contributed by atoms with Crippen molar-refractivity contribution in [2.45, 2.75) is 13.1 Å². The summed E-state index contributed by atoms with van der Waals surface area (Å²) >= 11 is 7.46. The average molecular weight is 397 g/mol. The molecule has 0 radical (unpaired) electrons. The minimum absolute atomic E-state index is 0.0793. The molecule has 0 aliphatic carbocycles. The summed E-state index contributed by atoms with van der Waals surface area (Å²) in [6.45, 7) is 1.72. The number of nitrogens with zero attached hydrogens (tertiary/aromatic N) is 1. The summed E-state index contributed by atoms with van der Waals surface area (Å²) in [4.78, 5) is 5.04. The van der Waals surface area contributed by atoms with Gasteiger partial charge in [-0.1, -0.05) is 29.8 Å². The lowest BCUT2D eigenvalue weighted by atomic mass is 10.0. The Bertz CT molecular complexity index is 1220. The highest BCUT2D eigenvalue weighted by Gasteiger charge is 2.31.